The molecule has 6 nitrogen and oxygen atoms in total. The Morgan fingerprint density at radius 2 is 1.84 bits per heavy atom. The lowest BCUT2D eigenvalue weighted by Crippen LogP contribution is -2.42. The van der Waals surface area contributed by atoms with E-state index in [2.05, 4.69) is 17.1 Å². The van der Waals surface area contributed by atoms with E-state index < -0.39 is 10.0 Å². The molecule has 0 bridgehead atoms. The number of hydrogen-bond acceptors (Lipinski definition) is 4. The number of hydrogen-bond donors (Lipinski definition) is 1. The van der Waals surface area contributed by atoms with Crippen molar-refractivity contribution >= 4 is 21.6 Å². The van der Waals surface area contributed by atoms with Gasteiger partial charge in [-0.15, -0.1) is 0 Å². The van der Waals surface area contributed by atoms with Crippen molar-refractivity contribution < 1.29 is 13.2 Å². The summed E-state index contributed by atoms with van der Waals surface area (Å²) in [6.45, 7) is 7.99. The monoisotopic (exact) mass is 367 g/mol. The molecule has 1 amide bonds. The molecular weight excluding hydrogens is 338 g/mol. The standard InChI is InChI=1S/C18H29N3O3S/c1-4-21(5-2)25(23,24)17-11-9-16(10-12-17)19-18(22)14-20-13-7-6-8-15(20)3/h9-12,15H,4-8,13-14H2,1-3H3,(H,19,22). The minimum Gasteiger partial charge on any atom is -0.325 e. The van der Waals surface area contributed by atoms with Crippen molar-refractivity contribution in [2.24, 2.45) is 0 Å². The Balaban J connectivity index is 1.99. The Kier molecular flexibility index (Phi) is 6.98. The third kappa shape index (κ3) is 5.03. The van der Waals surface area contributed by atoms with Gasteiger partial charge in [0.2, 0.25) is 15.9 Å². The predicted molar refractivity (Wildman–Crippen MR) is 100 cm³/mol. The summed E-state index contributed by atoms with van der Waals surface area (Å²) < 4.78 is 26.3. The summed E-state index contributed by atoms with van der Waals surface area (Å²) in [7, 11) is -3.46. The molecule has 2 rings (SSSR count). The van der Waals surface area contributed by atoms with Gasteiger partial charge in [-0.05, 0) is 50.6 Å². The van der Waals surface area contributed by atoms with Gasteiger partial charge in [-0.1, -0.05) is 20.3 Å². The number of rotatable bonds is 7. The second-order valence-electron chi connectivity index (χ2n) is 6.48. The molecule has 1 aliphatic rings. The van der Waals surface area contributed by atoms with Gasteiger partial charge in [0.05, 0.1) is 11.4 Å². The van der Waals surface area contributed by atoms with Crippen LogP contribution in [-0.2, 0) is 14.8 Å². The molecule has 1 aliphatic heterocycles. The van der Waals surface area contributed by atoms with Crippen LogP contribution in [-0.4, -0.2) is 55.8 Å². The Hall–Kier alpha value is -1.44. The Bertz CT molecular complexity index is 669. The van der Waals surface area contributed by atoms with Crippen LogP contribution in [0.15, 0.2) is 29.2 Å². The number of likely N-dealkylation sites (tertiary alicyclic amines) is 1. The average Bonchev–Trinajstić information content (AvgIpc) is 2.58. The molecule has 0 spiro atoms. The van der Waals surface area contributed by atoms with Crippen molar-refractivity contribution in [3.05, 3.63) is 24.3 Å². The summed E-state index contributed by atoms with van der Waals surface area (Å²) in [6.07, 6.45) is 3.49. The summed E-state index contributed by atoms with van der Waals surface area (Å²) in [5.41, 5.74) is 0.619. The van der Waals surface area contributed by atoms with Gasteiger partial charge in [0.25, 0.3) is 0 Å². The van der Waals surface area contributed by atoms with Crippen molar-refractivity contribution in [2.45, 2.75) is 51.0 Å². The van der Waals surface area contributed by atoms with Gasteiger partial charge < -0.3 is 5.32 Å². The summed E-state index contributed by atoms with van der Waals surface area (Å²) in [5.74, 6) is -0.0619. The lowest BCUT2D eigenvalue weighted by Gasteiger charge is -2.32. The normalized spacial score (nSPS) is 19.1. The van der Waals surface area contributed by atoms with E-state index in [-0.39, 0.29) is 10.8 Å². The first-order valence-corrected chi connectivity index (χ1v) is 10.5. The number of benzene rings is 1. The molecule has 1 saturated heterocycles. The fourth-order valence-electron chi connectivity index (χ4n) is 3.20. The highest BCUT2D eigenvalue weighted by Crippen LogP contribution is 2.19. The van der Waals surface area contributed by atoms with E-state index >= 15 is 0 Å². The first-order valence-electron chi connectivity index (χ1n) is 9.02. The maximum atomic E-state index is 12.5. The van der Waals surface area contributed by atoms with Crippen LogP contribution < -0.4 is 5.32 Å². The van der Waals surface area contributed by atoms with Crippen molar-refractivity contribution in [1.82, 2.24) is 9.21 Å². The van der Waals surface area contributed by atoms with Crippen LogP contribution in [0.1, 0.15) is 40.0 Å². The van der Waals surface area contributed by atoms with Crippen molar-refractivity contribution in [3.63, 3.8) is 0 Å². The number of sulfonamides is 1. The number of nitrogens with one attached hydrogen (secondary N) is 1. The summed E-state index contributed by atoms with van der Waals surface area (Å²) >= 11 is 0. The van der Waals surface area contributed by atoms with Gasteiger partial charge in [-0.2, -0.15) is 4.31 Å². The van der Waals surface area contributed by atoms with Crippen molar-refractivity contribution in [2.75, 3.05) is 31.5 Å². The molecule has 0 saturated carbocycles. The third-order valence-electron chi connectivity index (χ3n) is 4.77. The van der Waals surface area contributed by atoms with E-state index in [0.717, 1.165) is 19.4 Å². The number of anilines is 1. The van der Waals surface area contributed by atoms with Crippen LogP contribution in [0.3, 0.4) is 0 Å². The van der Waals surface area contributed by atoms with E-state index in [1.54, 1.807) is 24.3 Å². The summed E-state index contributed by atoms with van der Waals surface area (Å²) in [6, 6.07) is 6.82. The van der Waals surface area contributed by atoms with E-state index in [9.17, 15) is 13.2 Å². The lowest BCUT2D eigenvalue weighted by molar-refractivity contribution is -0.118. The zero-order chi connectivity index (χ0) is 18.4. The highest BCUT2D eigenvalue weighted by Gasteiger charge is 2.22. The maximum absolute atomic E-state index is 12.5. The second-order valence-corrected chi connectivity index (χ2v) is 8.42. The molecule has 25 heavy (non-hydrogen) atoms. The van der Waals surface area contributed by atoms with E-state index in [4.69, 9.17) is 0 Å². The SMILES string of the molecule is CCN(CC)S(=O)(=O)c1ccc(NC(=O)CN2CCCCC2C)cc1. The third-order valence-corrected chi connectivity index (χ3v) is 6.83. The van der Waals surface area contributed by atoms with Gasteiger partial charge in [-0.3, -0.25) is 9.69 Å². The molecule has 1 heterocycles. The fraction of sp³-hybridized carbons (Fsp3) is 0.611. The highest BCUT2D eigenvalue weighted by molar-refractivity contribution is 7.89. The molecule has 140 valence electrons. The molecule has 1 aromatic carbocycles. The summed E-state index contributed by atoms with van der Waals surface area (Å²) in [4.78, 5) is 14.7. The molecule has 0 aromatic heterocycles. The van der Waals surface area contributed by atoms with E-state index in [1.165, 1.54) is 10.7 Å². The number of amides is 1. The molecule has 1 aromatic rings. The van der Waals surface area contributed by atoms with E-state index in [0.29, 0.717) is 31.4 Å². The molecular formula is C18H29N3O3S. The van der Waals surface area contributed by atoms with Gasteiger partial charge in [0.1, 0.15) is 0 Å². The van der Waals surface area contributed by atoms with Crippen LogP contribution in [0.2, 0.25) is 0 Å². The van der Waals surface area contributed by atoms with Crippen LogP contribution >= 0.6 is 0 Å². The number of nitrogens with zero attached hydrogens (tertiary/aromatic N) is 2. The smallest absolute Gasteiger partial charge is 0.243 e. The van der Waals surface area contributed by atoms with Gasteiger partial charge in [0.15, 0.2) is 0 Å². The highest BCUT2D eigenvalue weighted by atomic mass is 32.2. The number of piperidine rings is 1. The zero-order valence-electron chi connectivity index (χ0n) is 15.4. The van der Waals surface area contributed by atoms with Gasteiger partial charge in [-0.25, -0.2) is 8.42 Å². The van der Waals surface area contributed by atoms with Crippen LogP contribution in [0.4, 0.5) is 5.69 Å². The number of carbonyl (C=O) groups excluding carboxylic acids is 1. The van der Waals surface area contributed by atoms with Gasteiger partial charge in [0, 0.05) is 24.8 Å². The van der Waals surface area contributed by atoms with Crippen LogP contribution in [0, 0.1) is 0 Å². The number of carbonyl (C=O) groups is 1. The molecule has 1 N–H and O–H groups in total. The Morgan fingerprint density at radius 3 is 2.40 bits per heavy atom. The molecule has 0 aliphatic carbocycles. The maximum Gasteiger partial charge on any atom is 0.243 e. The summed E-state index contributed by atoms with van der Waals surface area (Å²) in [5, 5.41) is 2.86. The Labute approximate surface area is 151 Å². The quantitative estimate of drug-likeness (QED) is 0.804. The molecule has 1 fully saturated rings. The lowest BCUT2D eigenvalue weighted by atomic mass is 10.0. The molecule has 7 heteroatoms. The predicted octanol–water partition coefficient (Wildman–Crippen LogP) is 2.53. The van der Waals surface area contributed by atoms with Crippen LogP contribution in [0.5, 0.6) is 0 Å². The topological polar surface area (TPSA) is 69.7 Å². The minimum atomic E-state index is -3.46. The van der Waals surface area contributed by atoms with Crippen molar-refractivity contribution in [3.8, 4) is 0 Å². The van der Waals surface area contributed by atoms with Crippen LogP contribution in [0.25, 0.3) is 0 Å². The zero-order valence-corrected chi connectivity index (χ0v) is 16.2. The first kappa shape index (κ1) is 19.9. The second kappa shape index (κ2) is 8.78. The minimum absolute atomic E-state index is 0.0619. The first-order chi connectivity index (χ1) is 11.9. The fourth-order valence-corrected chi connectivity index (χ4v) is 4.66. The van der Waals surface area contributed by atoms with Crippen molar-refractivity contribution in [1.29, 1.82) is 0 Å². The molecule has 0 radical (unpaired) electrons. The van der Waals surface area contributed by atoms with E-state index in [1.807, 2.05) is 13.8 Å². The molecule has 1 atom stereocenters. The Morgan fingerprint density at radius 1 is 1.20 bits per heavy atom. The average molecular weight is 368 g/mol. The largest absolute Gasteiger partial charge is 0.325 e. The van der Waals surface area contributed by atoms with Gasteiger partial charge >= 0.3 is 0 Å². The molecule has 1 unspecified atom stereocenters.